The summed E-state index contributed by atoms with van der Waals surface area (Å²) in [5.74, 6) is 0.0200. The van der Waals surface area contributed by atoms with Crippen LogP contribution in [0.1, 0.15) is 64.4 Å². The first kappa shape index (κ1) is 25.4. The van der Waals surface area contributed by atoms with Crippen LogP contribution in [0.5, 0.6) is 0 Å². The Labute approximate surface area is 220 Å². The Hall–Kier alpha value is -4.26. The molecular weight excluding hydrogens is 483 g/mol. The Morgan fingerprint density at radius 3 is 2.32 bits per heavy atom. The van der Waals surface area contributed by atoms with Gasteiger partial charge in [-0.2, -0.15) is 0 Å². The number of nitrogens with zero attached hydrogens (tertiary/aromatic N) is 1. The second-order valence-corrected chi connectivity index (χ2v) is 10.1. The Morgan fingerprint density at radius 1 is 1.00 bits per heavy atom. The summed E-state index contributed by atoms with van der Waals surface area (Å²) >= 11 is 0. The number of halogens is 1. The van der Waals surface area contributed by atoms with Gasteiger partial charge < -0.3 is 15.4 Å². The molecule has 3 aromatic carbocycles. The summed E-state index contributed by atoms with van der Waals surface area (Å²) in [6, 6.07) is 15.4. The average Bonchev–Trinajstić information content (AvgIpc) is 3.59. The van der Waals surface area contributed by atoms with Gasteiger partial charge in [0.15, 0.2) is 11.6 Å². The number of Topliss-reactive ketones (excluding diaryl/α,β-unsaturated/α-hetero) is 2. The van der Waals surface area contributed by atoms with E-state index in [0.717, 1.165) is 22.3 Å². The molecule has 6 nitrogen and oxygen atoms in total. The van der Waals surface area contributed by atoms with Gasteiger partial charge >= 0.3 is 0 Å². The van der Waals surface area contributed by atoms with E-state index >= 15 is 0 Å². The third-order valence-electron chi connectivity index (χ3n) is 7.58. The largest absolute Gasteiger partial charge is 0.455 e. The number of furan rings is 1. The summed E-state index contributed by atoms with van der Waals surface area (Å²) in [5.41, 5.74) is 11.1. The molecule has 0 saturated heterocycles. The van der Waals surface area contributed by atoms with Crippen LogP contribution < -0.4 is 5.73 Å². The highest BCUT2D eigenvalue weighted by atomic mass is 19.1. The number of oxime groups is 1. The molecule has 0 radical (unpaired) electrons. The van der Waals surface area contributed by atoms with Gasteiger partial charge in [0.1, 0.15) is 23.0 Å². The molecule has 194 valence electrons. The van der Waals surface area contributed by atoms with Crippen LogP contribution in [0.25, 0.3) is 33.4 Å². The van der Waals surface area contributed by atoms with E-state index in [4.69, 9.17) is 15.4 Å². The van der Waals surface area contributed by atoms with Gasteiger partial charge in [-0.25, -0.2) is 4.39 Å². The lowest BCUT2D eigenvalue weighted by Gasteiger charge is -2.16. The van der Waals surface area contributed by atoms with Crippen LogP contribution >= 0.6 is 0 Å². The van der Waals surface area contributed by atoms with Crippen molar-refractivity contribution < 1.29 is 23.6 Å². The quantitative estimate of drug-likeness (QED) is 0.0853. The molecular formula is C31H29FN2O4. The molecule has 7 heteroatoms. The van der Waals surface area contributed by atoms with E-state index in [-0.39, 0.29) is 36.1 Å². The number of hydrogen-bond acceptors (Lipinski definition) is 5. The molecule has 5 rings (SSSR count). The highest BCUT2D eigenvalue weighted by Gasteiger charge is 2.48. The van der Waals surface area contributed by atoms with E-state index < -0.39 is 5.41 Å². The SMILES string of the molecule is CCC(=O)c1c(-c2ccc(F)cc2)oc2ccc(-c3cc(C(=O)CC4(/C(N)=N/O)CC4)c(C)cc3C)cc12. The van der Waals surface area contributed by atoms with Crippen LogP contribution in [0.2, 0.25) is 0 Å². The van der Waals surface area contributed by atoms with Crippen molar-refractivity contribution in [2.75, 3.05) is 0 Å². The molecule has 0 unspecified atom stereocenters. The van der Waals surface area contributed by atoms with Crippen LogP contribution in [0.4, 0.5) is 4.39 Å². The fourth-order valence-electron chi connectivity index (χ4n) is 5.17. The van der Waals surface area contributed by atoms with Gasteiger partial charge in [0.2, 0.25) is 0 Å². The molecule has 1 saturated carbocycles. The number of carbonyl (C=O) groups is 2. The highest BCUT2D eigenvalue weighted by Crippen LogP contribution is 2.50. The van der Waals surface area contributed by atoms with Gasteiger partial charge in [-0.05, 0) is 91.4 Å². The molecule has 4 aromatic rings. The van der Waals surface area contributed by atoms with Crippen LogP contribution in [0, 0.1) is 25.1 Å². The third-order valence-corrected chi connectivity index (χ3v) is 7.58. The Morgan fingerprint density at radius 2 is 1.68 bits per heavy atom. The number of amidine groups is 1. The maximum atomic E-state index is 13.5. The first-order chi connectivity index (χ1) is 18.2. The van der Waals surface area contributed by atoms with Crippen molar-refractivity contribution in [1.29, 1.82) is 0 Å². The summed E-state index contributed by atoms with van der Waals surface area (Å²) in [5, 5.41) is 12.9. The first-order valence-electron chi connectivity index (χ1n) is 12.7. The highest BCUT2D eigenvalue weighted by molar-refractivity contribution is 6.13. The molecule has 1 aliphatic carbocycles. The number of hydrogen-bond donors (Lipinski definition) is 2. The fraction of sp³-hybridized carbons (Fsp3) is 0.258. The summed E-state index contributed by atoms with van der Waals surface area (Å²) in [4.78, 5) is 26.4. The number of aryl methyl sites for hydroxylation is 2. The topological polar surface area (TPSA) is 106 Å². The van der Waals surface area contributed by atoms with Crippen LogP contribution in [-0.4, -0.2) is 22.6 Å². The molecule has 1 fully saturated rings. The maximum Gasteiger partial charge on any atom is 0.167 e. The summed E-state index contributed by atoms with van der Waals surface area (Å²) in [7, 11) is 0. The van der Waals surface area contributed by atoms with Crippen molar-refractivity contribution in [2.24, 2.45) is 16.3 Å². The van der Waals surface area contributed by atoms with Crippen molar-refractivity contribution in [3.8, 4) is 22.5 Å². The summed E-state index contributed by atoms with van der Waals surface area (Å²) in [6.45, 7) is 5.68. The monoisotopic (exact) mass is 512 g/mol. The molecule has 1 heterocycles. The minimum atomic E-state index is -0.564. The Bertz CT molecular complexity index is 1610. The standard InChI is InChI=1S/C31H29FN2O4/c1-4-25(35)28-24-14-20(7-10-27(24)38-29(28)19-5-8-21(32)9-6-19)22-15-23(18(3)13-17(22)2)26(36)16-31(11-12-31)30(33)34-37/h5-10,13-15,37H,4,11-12,16H2,1-3H3,(H2,33,34). The van der Waals surface area contributed by atoms with E-state index in [1.807, 2.05) is 44.2 Å². The molecule has 3 N–H and O–H groups in total. The van der Waals surface area contributed by atoms with E-state index in [9.17, 15) is 14.0 Å². The van der Waals surface area contributed by atoms with Gasteiger partial charge in [0.05, 0.1) is 5.56 Å². The zero-order chi connectivity index (χ0) is 27.2. The lowest BCUT2D eigenvalue weighted by Crippen LogP contribution is -2.27. The van der Waals surface area contributed by atoms with E-state index in [2.05, 4.69) is 5.16 Å². The number of benzene rings is 3. The van der Waals surface area contributed by atoms with Crippen molar-refractivity contribution in [2.45, 2.75) is 46.5 Å². The Kier molecular flexibility index (Phi) is 6.39. The van der Waals surface area contributed by atoms with Gasteiger partial charge in [0.25, 0.3) is 0 Å². The zero-order valence-corrected chi connectivity index (χ0v) is 21.6. The molecule has 38 heavy (non-hydrogen) atoms. The molecule has 1 aromatic heterocycles. The average molecular weight is 513 g/mol. The first-order valence-corrected chi connectivity index (χ1v) is 12.7. The van der Waals surface area contributed by atoms with Gasteiger partial charge in [0, 0.05) is 34.8 Å². The number of fused-ring (bicyclic) bond motifs is 1. The lowest BCUT2D eigenvalue weighted by atomic mass is 9.88. The fourth-order valence-corrected chi connectivity index (χ4v) is 5.17. The minimum absolute atomic E-state index is 0.0577. The molecule has 0 atom stereocenters. The van der Waals surface area contributed by atoms with Crippen LogP contribution in [-0.2, 0) is 0 Å². The molecule has 0 amide bonds. The number of rotatable bonds is 8. The zero-order valence-electron chi connectivity index (χ0n) is 21.6. The van der Waals surface area contributed by atoms with Gasteiger partial charge in [-0.3, -0.25) is 9.59 Å². The second-order valence-electron chi connectivity index (χ2n) is 10.1. The lowest BCUT2D eigenvalue weighted by molar-refractivity contribution is 0.0964. The molecule has 1 aliphatic rings. The van der Waals surface area contributed by atoms with E-state index in [1.165, 1.54) is 12.1 Å². The smallest absolute Gasteiger partial charge is 0.167 e. The van der Waals surface area contributed by atoms with Crippen molar-refractivity contribution >= 4 is 28.4 Å². The third kappa shape index (κ3) is 4.38. The molecule has 0 bridgehead atoms. The normalized spacial score (nSPS) is 14.6. The minimum Gasteiger partial charge on any atom is -0.455 e. The van der Waals surface area contributed by atoms with E-state index in [0.29, 0.717) is 46.3 Å². The van der Waals surface area contributed by atoms with Crippen LogP contribution in [0.15, 0.2) is 64.2 Å². The Balaban J connectivity index is 1.60. The summed E-state index contributed by atoms with van der Waals surface area (Å²) in [6.07, 6.45) is 1.91. The van der Waals surface area contributed by atoms with Gasteiger partial charge in [-0.15, -0.1) is 0 Å². The number of carbonyl (C=O) groups excluding carboxylic acids is 2. The van der Waals surface area contributed by atoms with Crippen molar-refractivity contribution in [3.05, 3.63) is 82.7 Å². The number of ketones is 2. The van der Waals surface area contributed by atoms with E-state index in [1.54, 1.807) is 19.1 Å². The maximum absolute atomic E-state index is 13.5. The molecule has 0 aliphatic heterocycles. The van der Waals surface area contributed by atoms with Gasteiger partial charge in [-0.1, -0.05) is 24.2 Å². The summed E-state index contributed by atoms with van der Waals surface area (Å²) < 4.78 is 19.6. The van der Waals surface area contributed by atoms with Crippen molar-refractivity contribution in [3.63, 3.8) is 0 Å². The predicted octanol–water partition coefficient (Wildman–Crippen LogP) is 7.21. The van der Waals surface area contributed by atoms with Crippen LogP contribution in [0.3, 0.4) is 0 Å². The predicted molar refractivity (Wildman–Crippen MR) is 145 cm³/mol. The molecule has 0 spiro atoms. The number of nitrogens with two attached hydrogens (primary N) is 1. The second kappa shape index (κ2) is 9.56. The van der Waals surface area contributed by atoms with Crippen molar-refractivity contribution in [1.82, 2.24) is 0 Å².